The second-order valence-electron chi connectivity index (χ2n) is 18.0. The van der Waals surface area contributed by atoms with E-state index in [4.69, 9.17) is 9.72 Å². The van der Waals surface area contributed by atoms with Gasteiger partial charge in [0.1, 0.15) is 17.3 Å². The van der Waals surface area contributed by atoms with Crippen LogP contribution in [-0.2, 0) is 10.8 Å². The monoisotopic (exact) mass is 792 g/mol. The fraction of sp³-hybridized carbons (Fsp3) is 0.143. The number of pyridine rings is 1. The summed E-state index contributed by atoms with van der Waals surface area (Å²) < 4.78 is 13.3. The van der Waals surface area contributed by atoms with Crippen molar-refractivity contribution in [1.29, 1.82) is 0 Å². The van der Waals surface area contributed by atoms with Gasteiger partial charge >= 0.3 is 0 Å². The Balaban J connectivity index is 1.09. The van der Waals surface area contributed by atoms with Gasteiger partial charge < -0.3 is 4.74 Å². The molecule has 0 spiro atoms. The number of para-hydroxylation sites is 1. The molecule has 0 bridgehead atoms. The van der Waals surface area contributed by atoms with E-state index >= 15 is 0 Å². The number of aromatic nitrogens is 4. The van der Waals surface area contributed by atoms with Gasteiger partial charge in [0, 0.05) is 23.0 Å². The molecule has 0 N–H and O–H groups in total. The van der Waals surface area contributed by atoms with Crippen molar-refractivity contribution in [1.82, 2.24) is 14.1 Å². The molecule has 0 radical (unpaired) electrons. The molecular formula is C56H48N4O. The molecule has 10 rings (SSSR count). The van der Waals surface area contributed by atoms with Crippen molar-refractivity contribution in [2.75, 3.05) is 0 Å². The van der Waals surface area contributed by atoms with Gasteiger partial charge in [0.25, 0.3) is 6.33 Å². The van der Waals surface area contributed by atoms with Gasteiger partial charge in [-0.25, -0.2) is 4.98 Å². The maximum Gasteiger partial charge on any atom is 0.269 e. The van der Waals surface area contributed by atoms with E-state index in [9.17, 15) is 0 Å². The quantitative estimate of drug-likeness (QED) is 0.119. The molecule has 0 fully saturated rings. The SMILES string of the molecule is CC(C)(C)c1ccnc(-n2c3cc(Oc4cccc(-n5[c-][n+](-c6ccccc6)c6cc(-c7ccccc7)ccc65)c4)ccc3c3ccc(-c4ccccc4C(C)(C)C)cc32)c1. The van der Waals surface area contributed by atoms with Crippen LogP contribution in [0, 0.1) is 6.33 Å². The minimum absolute atomic E-state index is 0.00814. The molecule has 0 saturated heterocycles. The molecule has 0 aliphatic heterocycles. The van der Waals surface area contributed by atoms with Crippen molar-refractivity contribution in [3.8, 4) is 50.9 Å². The van der Waals surface area contributed by atoms with Crippen LogP contribution in [0.25, 0.3) is 72.3 Å². The van der Waals surface area contributed by atoms with E-state index in [0.717, 1.165) is 61.7 Å². The molecular weight excluding hydrogens is 745 g/mol. The fourth-order valence-electron chi connectivity index (χ4n) is 8.57. The molecule has 0 atom stereocenters. The third-order valence-corrected chi connectivity index (χ3v) is 11.7. The van der Waals surface area contributed by atoms with Gasteiger partial charge in [-0.15, -0.1) is 0 Å². The molecule has 0 saturated carbocycles. The van der Waals surface area contributed by atoms with Gasteiger partial charge in [0.05, 0.1) is 33.4 Å². The number of benzene rings is 7. The topological polar surface area (TPSA) is 35.9 Å². The van der Waals surface area contributed by atoms with Gasteiger partial charge in [-0.3, -0.25) is 13.7 Å². The van der Waals surface area contributed by atoms with Crippen LogP contribution >= 0.6 is 0 Å². The first-order valence-corrected chi connectivity index (χ1v) is 21.0. The Morgan fingerprint density at radius 1 is 0.525 bits per heavy atom. The zero-order chi connectivity index (χ0) is 41.9. The Morgan fingerprint density at radius 2 is 1.21 bits per heavy atom. The van der Waals surface area contributed by atoms with Gasteiger partial charge in [-0.1, -0.05) is 145 Å². The number of imidazole rings is 1. The maximum atomic E-state index is 6.77. The van der Waals surface area contributed by atoms with E-state index in [1.54, 1.807) is 0 Å². The van der Waals surface area contributed by atoms with Crippen molar-refractivity contribution >= 4 is 32.8 Å². The van der Waals surface area contributed by atoms with Crippen molar-refractivity contribution in [2.24, 2.45) is 0 Å². The zero-order valence-corrected chi connectivity index (χ0v) is 35.5. The van der Waals surface area contributed by atoms with Crippen molar-refractivity contribution < 1.29 is 9.30 Å². The Hall–Kier alpha value is -7.24. The minimum Gasteiger partial charge on any atom is -0.458 e. The van der Waals surface area contributed by atoms with Crippen LogP contribution in [0.15, 0.2) is 182 Å². The Bertz CT molecular complexity index is 3230. The summed E-state index contributed by atoms with van der Waals surface area (Å²) in [4.78, 5) is 5.00. The van der Waals surface area contributed by atoms with E-state index in [1.165, 1.54) is 33.2 Å². The highest BCUT2D eigenvalue weighted by Gasteiger charge is 2.22. The molecule has 0 amide bonds. The normalized spacial score (nSPS) is 12.1. The summed E-state index contributed by atoms with van der Waals surface area (Å²) in [6, 6.07) is 62.2. The first-order chi connectivity index (χ1) is 29.5. The van der Waals surface area contributed by atoms with Crippen LogP contribution in [0.2, 0.25) is 0 Å². The molecule has 61 heavy (non-hydrogen) atoms. The standard InChI is InChI=1S/C56H48N4O/c1-55(2,3)41-30-31-57-54(34-41)60-51-33-40(46-22-13-14-23-49(46)56(4,5)6)24-27-47(51)48-28-26-45(36-52(48)60)61-44-21-15-20-43(35-44)59-37-58(42-18-11-8-12-19-42)53-32-39(25-29-50(53)59)38-16-9-7-10-17-38/h7-36H,1-6H3. The number of hydrogen-bond acceptors (Lipinski definition) is 2. The predicted octanol–water partition coefficient (Wildman–Crippen LogP) is 13.9. The summed E-state index contributed by atoms with van der Waals surface area (Å²) >= 11 is 0. The Morgan fingerprint density at radius 3 is 1.98 bits per heavy atom. The summed E-state index contributed by atoms with van der Waals surface area (Å²) in [7, 11) is 0. The van der Waals surface area contributed by atoms with E-state index in [-0.39, 0.29) is 10.8 Å². The van der Waals surface area contributed by atoms with Gasteiger partial charge in [-0.05, 0) is 111 Å². The lowest BCUT2D eigenvalue weighted by molar-refractivity contribution is -0.572. The minimum atomic E-state index is -0.0421. The molecule has 298 valence electrons. The van der Waals surface area contributed by atoms with Gasteiger partial charge in [0.15, 0.2) is 0 Å². The van der Waals surface area contributed by atoms with Crippen molar-refractivity contribution in [3.63, 3.8) is 0 Å². The highest BCUT2D eigenvalue weighted by atomic mass is 16.5. The fourth-order valence-corrected chi connectivity index (χ4v) is 8.57. The van der Waals surface area contributed by atoms with E-state index < -0.39 is 0 Å². The van der Waals surface area contributed by atoms with Crippen LogP contribution in [0.5, 0.6) is 11.5 Å². The number of nitrogens with zero attached hydrogens (tertiary/aromatic N) is 4. The van der Waals surface area contributed by atoms with E-state index in [2.05, 4.69) is 219 Å². The number of hydrogen-bond donors (Lipinski definition) is 0. The highest BCUT2D eigenvalue weighted by molar-refractivity contribution is 6.10. The second-order valence-corrected chi connectivity index (χ2v) is 18.0. The third-order valence-electron chi connectivity index (χ3n) is 11.7. The van der Waals surface area contributed by atoms with Crippen LogP contribution in [0.1, 0.15) is 52.7 Å². The maximum absolute atomic E-state index is 6.77. The first-order valence-electron chi connectivity index (χ1n) is 21.0. The van der Waals surface area contributed by atoms with Crippen LogP contribution < -0.4 is 9.30 Å². The first kappa shape index (κ1) is 38.0. The predicted molar refractivity (Wildman–Crippen MR) is 251 cm³/mol. The lowest BCUT2D eigenvalue weighted by Gasteiger charge is -2.23. The highest BCUT2D eigenvalue weighted by Crippen LogP contribution is 2.40. The van der Waals surface area contributed by atoms with Crippen LogP contribution in [-0.4, -0.2) is 14.1 Å². The second kappa shape index (κ2) is 14.8. The van der Waals surface area contributed by atoms with Gasteiger partial charge in [0.2, 0.25) is 0 Å². The number of ether oxygens (including phenoxy) is 1. The largest absolute Gasteiger partial charge is 0.458 e. The van der Waals surface area contributed by atoms with Crippen molar-refractivity contribution in [3.05, 3.63) is 200 Å². The molecule has 3 aromatic heterocycles. The molecule has 3 heterocycles. The Labute approximate surface area is 357 Å². The summed E-state index contributed by atoms with van der Waals surface area (Å²) in [6.07, 6.45) is 5.60. The molecule has 0 unspecified atom stereocenters. The lowest BCUT2D eigenvalue weighted by Crippen LogP contribution is -2.29. The van der Waals surface area contributed by atoms with Crippen molar-refractivity contribution in [2.45, 2.75) is 52.4 Å². The Kier molecular flexibility index (Phi) is 9.21. The average Bonchev–Trinajstić information content (AvgIpc) is 3.82. The third kappa shape index (κ3) is 7.06. The zero-order valence-electron chi connectivity index (χ0n) is 35.5. The summed E-state index contributed by atoms with van der Waals surface area (Å²) in [6.45, 7) is 13.6. The summed E-state index contributed by atoms with van der Waals surface area (Å²) in [5.74, 6) is 2.35. The summed E-state index contributed by atoms with van der Waals surface area (Å²) in [5, 5.41) is 2.31. The average molecular weight is 793 g/mol. The number of fused-ring (bicyclic) bond motifs is 4. The van der Waals surface area contributed by atoms with E-state index in [1.807, 2.05) is 24.4 Å². The smallest absolute Gasteiger partial charge is 0.269 e. The van der Waals surface area contributed by atoms with Crippen LogP contribution in [0.4, 0.5) is 0 Å². The molecule has 0 aliphatic rings. The molecule has 10 aromatic rings. The van der Waals surface area contributed by atoms with Gasteiger partial charge in [-0.2, -0.15) is 0 Å². The van der Waals surface area contributed by atoms with Crippen LogP contribution in [0.3, 0.4) is 0 Å². The lowest BCUT2D eigenvalue weighted by atomic mass is 9.82. The molecule has 7 aromatic carbocycles. The molecule has 5 nitrogen and oxygen atoms in total. The molecule has 0 aliphatic carbocycles. The molecule has 5 heteroatoms. The number of rotatable bonds is 7. The van der Waals surface area contributed by atoms with E-state index in [0.29, 0.717) is 0 Å². The summed E-state index contributed by atoms with van der Waals surface area (Å²) in [5.41, 5.74) is 13.5.